The quantitative estimate of drug-likeness (QED) is 0.578. The van der Waals surface area contributed by atoms with Gasteiger partial charge in [-0.1, -0.05) is 5.22 Å². The number of fused-ring (bicyclic) bond motifs is 1. The minimum atomic E-state index is -1.03. The molecule has 178 valence electrons. The minimum Gasteiger partial charge on any atom is -0.493 e. The molecule has 2 heterocycles. The Morgan fingerprint density at radius 3 is 2.15 bits per heavy atom. The van der Waals surface area contributed by atoms with E-state index in [0.29, 0.717) is 34.4 Å². The van der Waals surface area contributed by atoms with Crippen LogP contribution in [0.2, 0.25) is 0 Å². The number of hydrogen-bond acceptors (Lipinski definition) is 10. The van der Waals surface area contributed by atoms with E-state index in [9.17, 15) is 14.4 Å². The summed E-state index contributed by atoms with van der Waals surface area (Å²) >= 11 is 0. The average Bonchev–Trinajstić information content (AvgIpc) is 3.37. The lowest BCUT2D eigenvalue weighted by molar-refractivity contribution is -0.123. The van der Waals surface area contributed by atoms with Gasteiger partial charge in [0.15, 0.2) is 35.1 Å². The van der Waals surface area contributed by atoms with Crippen LogP contribution in [0.3, 0.4) is 0 Å². The number of rotatable bonds is 8. The second kappa shape index (κ2) is 9.25. The summed E-state index contributed by atoms with van der Waals surface area (Å²) in [6.07, 6.45) is 0. The van der Waals surface area contributed by atoms with Gasteiger partial charge < -0.3 is 24.3 Å². The average molecular weight is 469 g/mol. The van der Waals surface area contributed by atoms with Crippen LogP contribution in [0, 0.1) is 0 Å². The van der Waals surface area contributed by atoms with Crippen molar-refractivity contribution in [3.63, 3.8) is 0 Å². The van der Waals surface area contributed by atoms with Crippen molar-refractivity contribution in [2.75, 3.05) is 45.2 Å². The van der Waals surface area contributed by atoms with E-state index in [4.69, 9.17) is 18.9 Å². The van der Waals surface area contributed by atoms with E-state index in [0.717, 1.165) is 4.90 Å². The Hall–Kier alpha value is -4.35. The molecule has 0 bridgehead atoms. The van der Waals surface area contributed by atoms with Gasteiger partial charge in [0.05, 0.1) is 34.1 Å². The SMILES string of the molecule is COc1ccc(NC(=O)CN2N=N[C@@H]3C(=O)N(c4ccc(OC)c(OC)c4)C(=O)[C@@H]32)cc1OC. The van der Waals surface area contributed by atoms with Gasteiger partial charge in [0.2, 0.25) is 5.91 Å². The molecule has 12 heteroatoms. The standard InChI is InChI=1S/C22H23N5O7/c1-31-14-7-5-12(9-16(14)33-3)23-18(28)11-26-20-19(24-25-26)21(29)27(22(20)30)13-6-8-15(32-2)17(10-13)34-4/h5-10,19-20H,11H2,1-4H3,(H,23,28)/t19-,20+/m0/s1. The topological polar surface area (TPSA) is 131 Å². The van der Waals surface area contributed by atoms with Crippen LogP contribution in [0.25, 0.3) is 0 Å². The maximum atomic E-state index is 13.2. The van der Waals surface area contributed by atoms with Crippen molar-refractivity contribution in [3.8, 4) is 23.0 Å². The van der Waals surface area contributed by atoms with Gasteiger partial charge in [-0.05, 0) is 24.3 Å². The van der Waals surface area contributed by atoms with Crippen molar-refractivity contribution < 1.29 is 33.3 Å². The van der Waals surface area contributed by atoms with Crippen molar-refractivity contribution in [1.29, 1.82) is 0 Å². The zero-order valence-electron chi connectivity index (χ0n) is 19.0. The molecule has 1 fully saturated rings. The highest BCUT2D eigenvalue weighted by Crippen LogP contribution is 2.36. The molecular weight excluding hydrogens is 446 g/mol. The Morgan fingerprint density at radius 2 is 1.50 bits per heavy atom. The van der Waals surface area contributed by atoms with E-state index >= 15 is 0 Å². The molecule has 2 atom stereocenters. The Labute approximate surface area is 195 Å². The van der Waals surface area contributed by atoms with E-state index in [-0.39, 0.29) is 6.54 Å². The molecule has 2 aliphatic rings. The Balaban J connectivity index is 1.49. The predicted molar refractivity (Wildman–Crippen MR) is 119 cm³/mol. The van der Waals surface area contributed by atoms with E-state index < -0.39 is 29.8 Å². The molecule has 4 rings (SSSR count). The first kappa shape index (κ1) is 22.8. The molecule has 3 amide bonds. The smallest absolute Gasteiger partial charge is 0.263 e. The number of carbonyl (C=O) groups is 3. The third-order valence-corrected chi connectivity index (χ3v) is 5.46. The lowest BCUT2D eigenvalue weighted by Gasteiger charge is -2.21. The lowest BCUT2D eigenvalue weighted by Crippen LogP contribution is -2.43. The van der Waals surface area contributed by atoms with Crippen molar-refractivity contribution >= 4 is 29.1 Å². The number of benzene rings is 2. The fourth-order valence-electron chi connectivity index (χ4n) is 3.83. The maximum absolute atomic E-state index is 13.2. The first-order chi connectivity index (χ1) is 16.4. The number of imide groups is 1. The van der Waals surface area contributed by atoms with Crippen LogP contribution >= 0.6 is 0 Å². The third-order valence-electron chi connectivity index (χ3n) is 5.46. The third kappa shape index (κ3) is 3.93. The Bertz CT molecular complexity index is 1170. The fraction of sp³-hybridized carbons (Fsp3) is 0.318. The molecule has 2 aliphatic heterocycles. The van der Waals surface area contributed by atoms with E-state index in [1.165, 1.54) is 39.5 Å². The number of hydrogen-bond donors (Lipinski definition) is 1. The van der Waals surface area contributed by atoms with Gasteiger partial charge in [-0.2, -0.15) is 5.11 Å². The Kier molecular flexibility index (Phi) is 6.21. The normalized spacial score (nSPS) is 18.7. The number of nitrogens with zero attached hydrogens (tertiary/aromatic N) is 4. The first-order valence-electron chi connectivity index (χ1n) is 10.2. The Morgan fingerprint density at radius 1 is 0.882 bits per heavy atom. The zero-order chi connectivity index (χ0) is 24.4. The number of methoxy groups -OCH3 is 4. The summed E-state index contributed by atoms with van der Waals surface area (Å²) < 4.78 is 20.9. The molecule has 0 aliphatic carbocycles. The molecule has 0 aromatic heterocycles. The van der Waals surface area contributed by atoms with Gasteiger partial charge in [0.1, 0.15) is 6.54 Å². The molecule has 2 aromatic rings. The largest absolute Gasteiger partial charge is 0.493 e. The second-order valence-electron chi connectivity index (χ2n) is 7.36. The lowest BCUT2D eigenvalue weighted by atomic mass is 10.1. The van der Waals surface area contributed by atoms with Gasteiger partial charge in [-0.25, -0.2) is 4.90 Å². The van der Waals surface area contributed by atoms with Gasteiger partial charge in [-0.3, -0.25) is 19.4 Å². The minimum absolute atomic E-state index is 0.280. The van der Waals surface area contributed by atoms with Crippen molar-refractivity contribution in [2.24, 2.45) is 10.3 Å². The number of carbonyl (C=O) groups excluding carboxylic acids is 3. The summed E-state index contributed by atoms with van der Waals surface area (Å²) in [5.41, 5.74) is 0.781. The van der Waals surface area contributed by atoms with Gasteiger partial charge in [-0.15, -0.1) is 0 Å². The van der Waals surface area contributed by atoms with E-state index in [1.807, 2.05) is 0 Å². The summed E-state index contributed by atoms with van der Waals surface area (Å²) in [4.78, 5) is 39.8. The number of ether oxygens (including phenoxy) is 4. The number of nitrogens with one attached hydrogen (secondary N) is 1. The second-order valence-corrected chi connectivity index (χ2v) is 7.36. The molecule has 1 saturated heterocycles. The highest BCUT2D eigenvalue weighted by Gasteiger charge is 2.55. The zero-order valence-corrected chi connectivity index (χ0v) is 19.0. The highest BCUT2D eigenvalue weighted by molar-refractivity contribution is 6.25. The molecule has 0 saturated carbocycles. The summed E-state index contributed by atoms with van der Waals surface area (Å²) in [6, 6.07) is 7.56. The number of amides is 3. The monoisotopic (exact) mass is 469 g/mol. The molecule has 2 aromatic carbocycles. The van der Waals surface area contributed by atoms with Gasteiger partial charge >= 0.3 is 0 Å². The number of anilines is 2. The molecule has 12 nitrogen and oxygen atoms in total. The van der Waals surface area contributed by atoms with Crippen LogP contribution in [0.4, 0.5) is 11.4 Å². The predicted octanol–water partition coefficient (Wildman–Crippen LogP) is 1.65. The van der Waals surface area contributed by atoms with Crippen LogP contribution in [0.15, 0.2) is 46.7 Å². The van der Waals surface area contributed by atoms with Crippen LogP contribution < -0.4 is 29.2 Å². The molecule has 1 N–H and O–H groups in total. The highest BCUT2D eigenvalue weighted by atomic mass is 16.5. The summed E-state index contributed by atoms with van der Waals surface area (Å²) in [6.45, 7) is -0.280. The molecule has 34 heavy (non-hydrogen) atoms. The van der Waals surface area contributed by atoms with Crippen LogP contribution in [0.1, 0.15) is 0 Å². The molecule has 0 spiro atoms. The fourth-order valence-corrected chi connectivity index (χ4v) is 3.83. The summed E-state index contributed by atoms with van der Waals surface area (Å²) in [7, 11) is 5.94. The molecule has 0 radical (unpaired) electrons. The van der Waals surface area contributed by atoms with E-state index in [1.54, 1.807) is 30.3 Å². The van der Waals surface area contributed by atoms with Gasteiger partial charge in [0.25, 0.3) is 11.8 Å². The van der Waals surface area contributed by atoms with Crippen molar-refractivity contribution in [1.82, 2.24) is 5.01 Å². The van der Waals surface area contributed by atoms with Crippen LogP contribution in [-0.4, -0.2) is 69.8 Å². The molecule has 0 unspecified atom stereocenters. The van der Waals surface area contributed by atoms with Crippen LogP contribution in [-0.2, 0) is 14.4 Å². The van der Waals surface area contributed by atoms with E-state index in [2.05, 4.69) is 15.7 Å². The van der Waals surface area contributed by atoms with Crippen molar-refractivity contribution in [2.45, 2.75) is 12.1 Å². The van der Waals surface area contributed by atoms with Gasteiger partial charge in [0, 0.05) is 17.8 Å². The summed E-state index contributed by atoms with van der Waals surface area (Å²) in [5, 5.41) is 11.8. The molecular formula is C22H23N5O7. The van der Waals surface area contributed by atoms with Crippen LogP contribution in [0.5, 0.6) is 23.0 Å². The van der Waals surface area contributed by atoms with Crippen molar-refractivity contribution in [3.05, 3.63) is 36.4 Å². The maximum Gasteiger partial charge on any atom is 0.263 e. The first-order valence-corrected chi connectivity index (χ1v) is 10.2. The summed E-state index contributed by atoms with van der Waals surface area (Å²) in [5.74, 6) is 0.269.